The van der Waals surface area contributed by atoms with Crippen molar-refractivity contribution in [3.05, 3.63) is 61.5 Å². The fourth-order valence-corrected chi connectivity index (χ4v) is 4.76. The standard InChI is InChI=1S/C19H22N2OS2/c1-10-6-7-11(2)15(8-10)9-23-14(5)17-20-18(22)16-12(3)13(4)24-19(16)21-17/h6-8,14H,9H2,1-5H3,(H,20,21,22). The molecule has 1 aromatic carbocycles. The van der Waals surface area contributed by atoms with Crippen molar-refractivity contribution in [2.75, 3.05) is 0 Å². The van der Waals surface area contributed by atoms with Crippen LogP contribution in [0.25, 0.3) is 10.2 Å². The quantitative estimate of drug-likeness (QED) is 0.696. The van der Waals surface area contributed by atoms with E-state index in [1.54, 1.807) is 23.1 Å². The van der Waals surface area contributed by atoms with E-state index in [1.165, 1.54) is 16.7 Å². The summed E-state index contributed by atoms with van der Waals surface area (Å²) in [4.78, 5) is 22.1. The van der Waals surface area contributed by atoms with Gasteiger partial charge in [-0.2, -0.15) is 0 Å². The topological polar surface area (TPSA) is 45.8 Å². The summed E-state index contributed by atoms with van der Waals surface area (Å²) in [7, 11) is 0. The second-order valence-electron chi connectivity index (χ2n) is 6.30. The largest absolute Gasteiger partial charge is 0.309 e. The Morgan fingerprint density at radius 2 is 2.00 bits per heavy atom. The summed E-state index contributed by atoms with van der Waals surface area (Å²) in [6.45, 7) is 10.4. The van der Waals surface area contributed by atoms with Crippen LogP contribution in [0.1, 0.15) is 45.1 Å². The summed E-state index contributed by atoms with van der Waals surface area (Å²) < 4.78 is 0. The number of fused-ring (bicyclic) bond motifs is 1. The van der Waals surface area contributed by atoms with Crippen LogP contribution in [0.5, 0.6) is 0 Å². The number of hydrogen-bond donors (Lipinski definition) is 1. The Morgan fingerprint density at radius 1 is 1.25 bits per heavy atom. The minimum absolute atomic E-state index is 0.0176. The van der Waals surface area contributed by atoms with Crippen LogP contribution in [0.15, 0.2) is 23.0 Å². The molecule has 0 fully saturated rings. The maximum Gasteiger partial charge on any atom is 0.259 e. The van der Waals surface area contributed by atoms with Gasteiger partial charge in [-0.1, -0.05) is 23.8 Å². The smallest absolute Gasteiger partial charge is 0.259 e. The van der Waals surface area contributed by atoms with E-state index in [2.05, 4.69) is 44.0 Å². The molecule has 24 heavy (non-hydrogen) atoms. The van der Waals surface area contributed by atoms with E-state index >= 15 is 0 Å². The molecule has 1 N–H and O–H groups in total. The summed E-state index contributed by atoms with van der Waals surface area (Å²) in [5.41, 5.74) is 4.96. The van der Waals surface area contributed by atoms with Crippen LogP contribution >= 0.6 is 23.1 Å². The van der Waals surface area contributed by atoms with Gasteiger partial charge in [-0.3, -0.25) is 4.79 Å². The molecule has 3 nitrogen and oxygen atoms in total. The zero-order valence-corrected chi connectivity index (χ0v) is 16.3. The van der Waals surface area contributed by atoms with Gasteiger partial charge in [0, 0.05) is 10.6 Å². The Balaban J connectivity index is 1.85. The van der Waals surface area contributed by atoms with Crippen molar-refractivity contribution in [3.8, 4) is 0 Å². The number of thiophene rings is 1. The highest BCUT2D eigenvalue weighted by atomic mass is 32.2. The van der Waals surface area contributed by atoms with Crippen LogP contribution in [0, 0.1) is 27.7 Å². The number of aromatic nitrogens is 2. The third kappa shape index (κ3) is 3.28. The molecule has 0 aliphatic carbocycles. The van der Waals surface area contributed by atoms with Crippen molar-refractivity contribution < 1.29 is 0 Å². The molecular formula is C19H22N2OS2. The maximum atomic E-state index is 12.4. The first-order valence-electron chi connectivity index (χ1n) is 8.04. The fourth-order valence-electron chi connectivity index (χ4n) is 2.71. The molecule has 0 aliphatic heterocycles. The third-order valence-electron chi connectivity index (χ3n) is 4.44. The van der Waals surface area contributed by atoms with Gasteiger partial charge in [-0.25, -0.2) is 4.98 Å². The van der Waals surface area contributed by atoms with Gasteiger partial charge in [-0.15, -0.1) is 23.1 Å². The Kier molecular flexibility index (Phi) is 4.83. The summed E-state index contributed by atoms with van der Waals surface area (Å²) in [5, 5.41) is 0.887. The second-order valence-corrected chi connectivity index (χ2v) is 8.83. The predicted molar refractivity (Wildman–Crippen MR) is 105 cm³/mol. The molecule has 0 saturated heterocycles. The molecule has 126 valence electrons. The molecule has 0 spiro atoms. The van der Waals surface area contributed by atoms with Crippen molar-refractivity contribution in [3.63, 3.8) is 0 Å². The van der Waals surface area contributed by atoms with E-state index in [0.717, 1.165) is 32.2 Å². The van der Waals surface area contributed by atoms with Crippen molar-refractivity contribution in [2.24, 2.45) is 0 Å². The lowest BCUT2D eigenvalue weighted by atomic mass is 10.1. The highest BCUT2D eigenvalue weighted by Crippen LogP contribution is 2.32. The van der Waals surface area contributed by atoms with Gasteiger partial charge < -0.3 is 4.98 Å². The summed E-state index contributed by atoms with van der Waals surface area (Å²) >= 11 is 3.41. The average Bonchev–Trinajstić information content (AvgIpc) is 2.83. The number of hydrogen-bond acceptors (Lipinski definition) is 4. The highest BCUT2D eigenvalue weighted by molar-refractivity contribution is 7.98. The molecule has 0 bridgehead atoms. The van der Waals surface area contributed by atoms with E-state index < -0.39 is 0 Å². The average molecular weight is 359 g/mol. The molecule has 2 heterocycles. The lowest BCUT2D eigenvalue weighted by Crippen LogP contribution is -2.12. The Morgan fingerprint density at radius 3 is 2.75 bits per heavy atom. The second kappa shape index (κ2) is 6.73. The van der Waals surface area contributed by atoms with Crippen LogP contribution in [-0.4, -0.2) is 9.97 Å². The van der Waals surface area contributed by atoms with Gasteiger partial charge >= 0.3 is 0 Å². The fraction of sp³-hybridized carbons (Fsp3) is 0.368. The van der Waals surface area contributed by atoms with Crippen molar-refractivity contribution in [1.82, 2.24) is 9.97 Å². The van der Waals surface area contributed by atoms with Crippen LogP contribution in [-0.2, 0) is 5.75 Å². The van der Waals surface area contributed by atoms with Gasteiger partial charge in [0.25, 0.3) is 5.56 Å². The van der Waals surface area contributed by atoms with Crippen molar-refractivity contribution in [1.29, 1.82) is 0 Å². The van der Waals surface area contributed by atoms with Crippen LogP contribution in [0.3, 0.4) is 0 Å². The van der Waals surface area contributed by atoms with Crippen molar-refractivity contribution in [2.45, 2.75) is 45.6 Å². The number of rotatable bonds is 4. The molecule has 0 saturated carbocycles. The summed E-state index contributed by atoms with van der Waals surface area (Å²) in [5.74, 6) is 1.68. The molecule has 0 radical (unpaired) electrons. The van der Waals surface area contributed by atoms with E-state index in [9.17, 15) is 4.79 Å². The molecule has 3 rings (SSSR count). The van der Waals surface area contributed by atoms with Crippen LogP contribution in [0.2, 0.25) is 0 Å². The SMILES string of the molecule is Cc1ccc(C)c(CSC(C)c2nc3sc(C)c(C)c3c(=O)[nH]2)c1. The first kappa shape index (κ1) is 17.2. The number of nitrogens with zero attached hydrogens (tertiary/aromatic N) is 1. The van der Waals surface area contributed by atoms with Gasteiger partial charge in [0.1, 0.15) is 10.7 Å². The number of aryl methyl sites for hydroxylation is 4. The van der Waals surface area contributed by atoms with Gasteiger partial charge in [0.15, 0.2) is 0 Å². The van der Waals surface area contributed by atoms with Crippen LogP contribution in [0.4, 0.5) is 0 Å². The molecule has 3 aromatic rings. The molecular weight excluding hydrogens is 336 g/mol. The highest BCUT2D eigenvalue weighted by Gasteiger charge is 2.16. The lowest BCUT2D eigenvalue weighted by Gasteiger charge is -2.12. The number of aromatic amines is 1. The van der Waals surface area contributed by atoms with E-state index in [0.29, 0.717) is 0 Å². The Labute approximate surface area is 150 Å². The van der Waals surface area contributed by atoms with Crippen LogP contribution < -0.4 is 5.56 Å². The normalized spacial score (nSPS) is 12.7. The third-order valence-corrected chi connectivity index (χ3v) is 6.74. The Bertz CT molecular complexity index is 956. The number of nitrogens with one attached hydrogen (secondary N) is 1. The van der Waals surface area contributed by atoms with Gasteiger partial charge in [-0.05, 0) is 51.3 Å². The monoisotopic (exact) mass is 358 g/mol. The number of H-pyrrole nitrogens is 1. The number of benzene rings is 1. The molecule has 1 unspecified atom stereocenters. The lowest BCUT2D eigenvalue weighted by molar-refractivity contribution is 0.924. The zero-order chi connectivity index (χ0) is 17.4. The van der Waals surface area contributed by atoms with Gasteiger partial charge in [0.2, 0.25) is 0 Å². The van der Waals surface area contributed by atoms with E-state index in [4.69, 9.17) is 4.98 Å². The first-order valence-corrected chi connectivity index (χ1v) is 9.91. The van der Waals surface area contributed by atoms with E-state index in [1.807, 2.05) is 13.8 Å². The number of thioether (sulfide) groups is 1. The van der Waals surface area contributed by atoms with E-state index in [-0.39, 0.29) is 10.8 Å². The Hall–Kier alpha value is -1.59. The van der Waals surface area contributed by atoms with Crippen molar-refractivity contribution >= 4 is 33.3 Å². The predicted octanol–water partition coefficient (Wildman–Crippen LogP) is 5.21. The summed E-state index contributed by atoms with van der Waals surface area (Å²) in [6.07, 6.45) is 0. The molecule has 0 amide bonds. The summed E-state index contributed by atoms with van der Waals surface area (Å²) in [6, 6.07) is 6.54. The first-order chi connectivity index (χ1) is 11.4. The minimum Gasteiger partial charge on any atom is -0.309 e. The molecule has 0 aliphatic rings. The van der Waals surface area contributed by atoms with Gasteiger partial charge in [0.05, 0.1) is 10.6 Å². The minimum atomic E-state index is -0.0176. The molecule has 1 atom stereocenters. The molecule has 5 heteroatoms. The molecule has 2 aromatic heterocycles. The zero-order valence-electron chi connectivity index (χ0n) is 14.7. The maximum absolute atomic E-state index is 12.4.